The fourth-order valence-corrected chi connectivity index (χ4v) is 5.74. The Kier molecular flexibility index (Phi) is 9.04. The Balaban J connectivity index is 1.41. The summed E-state index contributed by atoms with van der Waals surface area (Å²) in [5.74, 6) is 0.0838. The van der Waals surface area contributed by atoms with Crippen molar-refractivity contribution in [3.8, 4) is 16.9 Å². The molecule has 0 aromatic carbocycles. The molecule has 1 atom stereocenters. The fraction of sp³-hybridized carbons (Fsp3) is 0.414. The predicted octanol–water partition coefficient (Wildman–Crippen LogP) is 4.67. The molecule has 0 saturated carbocycles. The Morgan fingerprint density at radius 1 is 1.14 bits per heavy atom. The summed E-state index contributed by atoms with van der Waals surface area (Å²) in [6.45, 7) is 8.83. The van der Waals surface area contributed by atoms with Crippen LogP contribution < -0.4 is 20.3 Å². The highest BCUT2D eigenvalue weighted by Crippen LogP contribution is 2.34. The number of carbonyl (C=O) groups is 2. The molecule has 0 aliphatic carbocycles. The highest BCUT2D eigenvalue weighted by atomic mass is 35.5. The van der Waals surface area contributed by atoms with Crippen LogP contribution in [0.1, 0.15) is 49.7 Å². The van der Waals surface area contributed by atoms with Crippen LogP contribution in [-0.2, 0) is 9.53 Å². The molecule has 43 heavy (non-hydrogen) atoms. The third kappa shape index (κ3) is 7.53. The van der Waals surface area contributed by atoms with Crippen molar-refractivity contribution in [1.29, 1.82) is 0 Å². The van der Waals surface area contributed by atoms with Crippen LogP contribution in [0.15, 0.2) is 30.7 Å². The molecule has 4 aromatic heterocycles. The van der Waals surface area contributed by atoms with Crippen LogP contribution in [0.2, 0.25) is 5.15 Å². The number of fused-ring (bicyclic) bond motifs is 1. The van der Waals surface area contributed by atoms with E-state index in [-0.39, 0.29) is 23.7 Å². The van der Waals surface area contributed by atoms with Gasteiger partial charge < -0.3 is 19.7 Å². The Labute approximate surface area is 258 Å². The first-order valence-corrected chi connectivity index (χ1v) is 15.0. The van der Waals surface area contributed by atoms with Crippen LogP contribution in [-0.4, -0.2) is 75.2 Å². The highest BCUT2D eigenvalue weighted by molar-refractivity contribution is 7.22. The molecule has 12 nitrogen and oxygen atoms in total. The maximum Gasteiger partial charge on any atom is 0.326 e. The van der Waals surface area contributed by atoms with E-state index in [1.54, 1.807) is 18.3 Å². The van der Waals surface area contributed by atoms with Crippen molar-refractivity contribution < 1.29 is 19.1 Å². The van der Waals surface area contributed by atoms with Gasteiger partial charge in [0.25, 0.3) is 5.91 Å². The van der Waals surface area contributed by atoms with Gasteiger partial charge in [0.1, 0.15) is 28.6 Å². The van der Waals surface area contributed by atoms with Gasteiger partial charge in [-0.2, -0.15) is 4.98 Å². The van der Waals surface area contributed by atoms with Crippen LogP contribution in [0.25, 0.3) is 21.5 Å². The van der Waals surface area contributed by atoms with Gasteiger partial charge in [0.2, 0.25) is 5.95 Å². The number of hydrogen-bond acceptors (Lipinski definition) is 12. The second-order valence-corrected chi connectivity index (χ2v) is 12.5. The van der Waals surface area contributed by atoms with E-state index in [2.05, 4.69) is 30.6 Å². The molecule has 1 saturated heterocycles. The normalized spacial score (nSPS) is 15.0. The number of pyridine rings is 2. The van der Waals surface area contributed by atoms with Crippen LogP contribution in [0.5, 0.6) is 5.75 Å². The lowest BCUT2D eigenvalue weighted by atomic mass is 10.0. The average Bonchev–Trinajstić information content (AvgIpc) is 3.60. The number of thiazole rings is 1. The number of hydrogen-bond donors (Lipinski definition) is 2. The maximum atomic E-state index is 13.5. The van der Waals surface area contributed by atoms with E-state index >= 15 is 0 Å². The SMILES string of the molecule is COc1cnc(Cl)cc1-c1cc(C)ncc1C(=O)Nc1nc2cnc(N(CC(=O)OC(C)(C)C)CC3CCCN3)nc2s1. The molecule has 0 bridgehead atoms. The third-order valence-corrected chi connectivity index (χ3v) is 7.70. The Hall–Kier alpha value is -3.94. The third-order valence-electron chi connectivity index (χ3n) is 6.61. The van der Waals surface area contributed by atoms with Crippen LogP contribution in [0.3, 0.4) is 0 Å². The molecule has 1 unspecified atom stereocenters. The smallest absolute Gasteiger partial charge is 0.326 e. The first-order valence-electron chi connectivity index (χ1n) is 13.8. The number of rotatable bonds is 9. The number of esters is 1. The lowest BCUT2D eigenvalue weighted by Crippen LogP contribution is -2.42. The fourth-order valence-electron chi connectivity index (χ4n) is 4.78. The summed E-state index contributed by atoms with van der Waals surface area (Å²) in [4.78, 5) is 50.8. The van der Waals surface area contributed by atoms with E-state index in [0.717, 1.165) is 19.4 Å². The van der Waals surface area contributed by atoms with Gasteiger partial charge >= 0.3 is 5.97 Å². The van der Waals surface area contributed by atoms with Crippen LogP contribution in [0, 0.1) is 6.92 Å². The van der Waals surface area contributed by atoms with Gasteiger partial charge in [-0.15, -0.1) is 0 Å². The van der Waals surface area contributed by atoms with Crippen molar-refractivity contribution in [3.63, 3.8) is 0 Å². The van der Waals surface area contributed by atoms with Crippen molar-refractivity contribution in [3.05, 3.63) is 47.1 Å². The van der Waals surface area contributed by atoms with Crippen molar-refractivity contribution in [1.82, 2.24) is 30.2 Å². The van der Waals surface area contributed by atoms with Crippen molar-refractivity contribution in [2.24, 2.45) is 0 Å². The van der Waals surface area contributed by atoms with E-state index in [9.17, 15) is 9.59 Å². The van der Waals surface area contributed by atoms with Crippen molar-refractivity contribution >= 4 is 56.2 Å². The Bertz CT molecular complexity index is 1650. The standard InChI is InChI=1S/C29H33ClN8O4S/c1-16-9-18(19-10-23(30)33-13-22(19)41-5)20(11-32-16)25(40)36-28-35-21-12-34-27(37-26(21)43-28)38(14-17-7-6-8-31-17)15-24(39)42-29(2,3)4/h9-13,17,31H,6-8,14-15H2,1-5H3,(H,35,36,40). The van der Waals surface area contributed by atoms with E-state index in [1.165, 1.54) is 30.8 Å². The molecule has 226 valence electrons. The second-order valence-electron chi connectivity index (χ2n) is 11.2. The largest absolute Gasteiger partial charge is 0.494 e. The van der Waals surface area contributed by atoms with Crippen molar-refractivity contribution in [2.45, 2.75) is 52.2 Å². The molecular formula is C29H33ClN8O4S. The minimum absolute atomic E-state index is 0.00897. The number of methoxy groups -OCH3 is 1. The molecule has 2 N–H and O–H groups in total. The number of aromatic nitrogens is 5. The number of halogens is 1. The molecule has 4 aromatic rings. The first kappa shape index (κ1) is 30.5. The van der Waals surface area contributed by atoms with Crippen LogP contribution in [0.4, 0.5) is 11.1 Å². The lowest BCUT2D eigenvalue weighted by molar-refractivity contribution is -0.153. The molecule has 1 aliphatic rings. The number of anilines is 2. The topological polar surface area (TPSA) is 144 Å². The summed E-state index contributed by atoms with van der Waals surface area (Å²) < 4.78 is 11.0. The van der Waals surface area contributed by atoms with Crippen LogP contribution >= 0.6 is 22.9 Å². The van der Waals surface area contributed by atoms with E-state index < -0.39 is 11.5 Å². The molecule has 0 spiro atoms. The summed E-state index contributed by atoms with van der Waals surface area (Å²) in [5.41, 5.74) is 2.14. The second kappa shape index (κ2) is 12.7. The van der Waals surface area contributed by atoms with E-state index in [4.69, 9.17) is 26.1 Å². The molecular weight excluding hydrogens is 592 g/mol. The summed E-state index contributed by atoms with van der Waals surface area (Å²) in [6, 6.07) is 3.65. The number of ether oxygens (including phenoxy) is 2. The number of nitrogens with zero attached hydrogens (tertiary/aromatic N) is 6. The minimum Gasteiger partial charge on any atom is -0.494 e. The lowest BCUT2D eigenvalue weighted by Gasteiger charge is -2.27. The molecule has 5 rings (SSSR count). The molecule has 0 radical (unpaired) electrons. The zero-order valence-corrected chi connectivity index (χ0v) is 26.2. The predicted molar refractivity (Wildman–Crippen MR) is 166 cm³/mol. The first-order chi connectivity index (χ1) is 20.5. The van der Waals surface area contributed by atoms with Gasteiger partial charge in [-0.3, -0.25) is 19.9 Å². The van der Waals surface area contributed by atoms with E-state index in [1.807, 2.05) is 32.6 Å². The number of aryl methyl sites for hydroxylation is 1. The molecule has 1 amide bonds. The average molecular weight is 625 g/mol. The van der Waals surface area contributed by atoms with E-state index in [0.29, 0.717) is 56.1 Å². The quantitative estimate of drug-likeness (QED) is 0.198. The Morgan fingerprint density at radius 3 is 2.67 bits per heavy atom. The number of amides is 1. The highest BCUT2D eigenvalue weighted by Gasteiger charge is 2.26. The summed E-state index contributed by atoms with van der Waals surface area (Å²) in [6.07, 6.45) is 6.67. The summed E-state index contributed by atoms with van der Waals surface area (Å²) >= 11 is 7.38. The van der Waals surface area contributed by atoms with Gasteiger partial charge in [0, 0.05) is 35.6 Å². The van der Waals surface area contributed by atoms with Gasteiger partial charge in [0.15, 0.2) is 9.96 Å². The zero-order valence-electron chi connectivity index (χ0n) is 24.6. The summed E-state index contributed by atoms with van der Waals surface area (Å²) in [7, 11) is 1.53. The van der Waals surface area contributed by atoms with Gasteiger partial charge in [-0.1, -0.05) is 22.9 Å². The monoisotopic (exact) mass is 624 g/mol. The number of carbonyl (C=O) groups excluding carboxylic acids is 2. The molecule has 14 heteroatoms. The molecule has 5 heterocycles. The van der Waals surface area contributed by atoms with Crippen molar-refractivity contribution in [2.75, 3.05) is 37.0 Å². The zero-order chi connectivity index (χ0) is 30.7. The Morgan fingerprint density at radius 2 is 1.95 bits per heavy atom. The molecule has 1 fully saturated rings. The van der Waals surface area contributed by atoms with Gasteiger partial charge in [-0.05, 0) is 59.2 Å². The maximum absolute atomic E-state index is 13.5. The molecule has 1 aliphatic heterocycles. The number of nitrogens with one attached hydrogen (secondary N) is 2. The van der Waals surface area contributed by atoms with Gasteiger partial charge in [0.05, 0.1) is 25.1 Å². The summed E-state index contributed by atoms with van der Waals surface area (Å²) in [5, 5.41) is 6.93. The van der Waals surface area contributed by atoms with Gasteiger partial charge in [-0.25, -0.2) is 15.0 Å². The minimum atomic E-state index is -0.606.